The van der Waals surface area contributed by atoms with Gasteiger partial charge in [-0.2, -0.15) is 0 Å². The first-order chi connectivity index (χ1) is 12.2. The van der Waals surface area contributed by atoms with Crippen LogP contribution in [0.25, 0.3) is 0 Å². The second-order valence-corrected chi connectivity index (χ2v) is 7.36. The second-order valence-electron chi connectivity index (χ2n) is 6.28. The molecule has 130 valence electrons. The average Bonchev–Trinajstić information content (AvgIpc) is 2.53. The first-order valence-electron chi connectivity index (χ1n) is 9.25. The molecule has 0 saturated carbocycles. The third-order valence-electron chi connectivity index (χ3n) is 3.89. The normalized spacial score (nSPS) is 16.2. The van der Waals surface area contributed by atoms with Crippen molar-refractivity contribution in [1.82, 2.24) is 4.90 Å². The number of hydrogen-bond acceptors (Lipinski definition) is 4. The second kappa shape index (κ2) is 8.15. The third-order valence-corrected chi connectivity index (χ3v) is 5.02. The topological polar surface area (TPSA) is 15.7 Å². The fourth-order valence-corrected chi connectivity index (χ4v) is 4.14. The van der Waals surface area contributed by atoms with E-state index < -0.39 is 7.04 Å². The molecule has 3 nitrogen and oxygen atoms in total. The number of halogens is 1. The maximum Gasteiger partial charge on any atom is 0.121 e. The Morgan fingerprint density at radius 2 is 1.92 bits per heavy atom. The molecule has 0 aromatic heterocycles. The monoisotopic (exact) mass is 367 g/mol. The van der Waals surface area contributed by atoms with Gasteiger partial charge in [0, 0.05) is 28.9 Å². The quantitative estimate of drug-likeness (QED) is 0.745. The van der Waals surface area contributed by atoms with E-state index in [1.165, 1.54) is 4.90 Å². The summed E-state index contributed by atoms with van der Waals surface area (Å²) in [6.45, 7) is 4.05. The Morgan fingerprint density at radius 1 is 1.17 bits per heavy atom. The van der Waals surface area contributed by atoms with Gasteiger partial charge in [-0.1, -0.05) is 30.8 Å². The van der Waals surface area contributed by atoms with Gasteiger partial charge in [0.05, 0.1) is 22.5 Å². The zero-order valence-corrected chi connectivity index (χ0v) is 15.8. The van der Waals surface area contributed by atoms with Gasteiger partial charge in [-0.15, -0.1) is 12.4 Å². The molecule has 1 unspecified atom stereocenters. The number of fused-ring (bicyclic) bond motifs is 2. The maximum absolute atomic E-state index is 7.35. The van der Waals surface area contributed by atoms with Gasteiger partial charge in [-0.3, -0.25) is 0 Å². The smallest absolute Gasteiger partial charge is 0.121 e. The molecule has 0 amide bonds. The molecule has 1 atom stereocenters. The summed E-state index contributed by atoms with van der Waals surface area (Å²) in [6, 6.07) is 13.8. The van der Waals surface area contributed by atoms with Gasteiger partial charge in [0.1, 0.15) is 5.75 Å². The summed E-state index contributed by atoms with van der Waals surface area (Å²) < 4.78 is 27.2. The summed E-state index contributed by atoms with van der Waals surface area (Å²) in [5, 5.41) is 0. The number of ether oxygens (including phenoxy) is 1. The number of para-hydroxylation sites is 1. The lowest BCUT2D eigenvalue weighted by molar-refractivity contribution is 0.342. The Hall–Kier alpha value is -1.36. The van der Waals surface area contributed by atoms with Gasteiger partial charge in [0.2, 0.25) is 0 Å². The summed E-state index contributed by atoms with van der Waals surface area (Å²) in [6.07, 6.45) is 0. The van der Waals surface area contributed by atoms with E-state index in [0.717, 1.165) is 29.4 Å². The van der Waals surface area contributed by atoms with Crippen molar-refractivity contribution in [3.05, 3.63) is 42.5 Å². The van der Waals surface area contributed by atoms with Crippen LogP contribution >= 0.6 is 24.2 Å². The van der Waals surface area contributed by atoms with Gasteiger partial charge >= 0.3 is 0 Å². The highest BCUT2D eigenvalue weighted by Gasteiger charge is 2.25. The molecule has 2 aromatic carbocycles. The first kappa shape index (κ1) is 14.9. The van der Waals surface area contributed by atoms with Crippen LogP contribution in [0.1, 0.15) is 11.0 Å². The van der Waals surface area contributed by atoms with Crippen LogP contribution in [0.15, 0.2) is 52.3 Å². The van der Waals surface area contributed by atoms with Crippen molar-refractivity contribution in [2.75, 3.05) is 39.1 Å². The summed E-state index contributed by atoms with van der Waals surface area (Å²) in [5.41, 5.74) is 2.16. The molecule has 0 saturated heterocycles. The van der Waals surface area contributed by atoms with Crippen LogP contribution in [-0.4, -0.2) is 39.1 Å². The molecule has 0 spiro atoms. The van der Waals surface area contributed by atoms with E-state index in [-0.39, 0.29) is 12.4 Å². The van der Waals surface area contributed by atoms with Crippen molar-refractivity contribution >= 4 is 35.5 Å². The zero-order chi connectivity index (χ0) is 18.9. The molecule has 0 N–H and O–H groups in total. The molecular weight excluding hydrogens is 340 g/mol. The van der Waals surface area contributed by atoms with Crippen LogP contribution < -0.4 is 9.64 Å². The van der Waals surface area contributed by atoms with Crippen molar-refractivity contribution in [3.63, 3.8) is 0 Å². The van der Waals surface area contributed by atoms with Crippen molar-refractivity contribution in [2.45, 2.75) is 16.7 Å². The minimum Gasteiger partial charge on any atom is -0.497 e. The highest BCUT2D eigenvalue weighted by Crippen LogP contribution is 2.49. The summed E-state index contributed by atoms with van der Waals surface area (Å²) >= 11 is 1.71. The number of anilines is 2. The molecule has 1 aliphatic heterocycles. The fourth-order valence-electron chi connectivity index (χ4n) is 3.06. The predicted molar refractivity (Wildman–Crippen MR) is 106 cm³/mol. The summed E-state index contributed by atoms with van der Waals surface area (Å²) in [5.74, 6) is 0.815. The van der Waals surface area contributed by atoms with Crippen LogP contribution in [0.2, 0.25) is 0 Å². The number of methoxy groups -OCH3 is 1. The first-order valence-corrected chi connectivity index (χ1v) is 8.57. The molecule has 1 heterocycles. The van der Waals surface area contributed by atoms with Crippen LogP contribution in [0.5, 0.6) is 5.75 Å². The largest absolute Gasteiger partial charge is 0.497 e. The van der Waals surface area contributed by atoms with Crippen molar-refractivity contribution < 1.29 is 8.85 Å². The predicted octanol–water partition coefficient (Wildman–Crippen LogP) is 4.92. The lowest BCUT2D eigenvalue weighted by Gasteiger charge is -2.35. The van der Waals surface area contributed by atoms with E-state index in [0.29, 0.717) is 11.7 Å². The Bertz CT molecular complexity index is 786. The minimum absolute atomic E-state index is 0. The van der Waals surface area contributed by atoms with Crippen molar-refractivity contribution in [2.24, 2.45) is 5.92 Å². The Labute approximate surface area is 159 Å². The van der Waals surface area contributed by atoms with E-state index in [9.17, 15) is 0 Å². The lowest BCUT2D eigenvalue weighted by atomic mass is 10.1. The van der Waals surface area contributed by atoms with Crippen molar-refractivity contribution in [3.8, 4) is 5.75 Å². The summed E-state index contributed by atoms with van der Waals surface area (Å²) in [4.78, 5) is 6.78. The third kappa shape index (κ3) is 4.00. The molecule has 3 rings (SSSR count). The van der Waals surface area contributed by atoms with Crippen LogP contribution in [0, 0.1) is 5.92 Å². The van der Waals surface area contributed by atoms with Gasteiger partial charge in [-0.05, 0) is 44.3 Å². The van der Waals surface area contributed by atoms with Gasteiger partial charge in [0.15, 0.2) is 0 Å². The molecule has 0 radical (unpaired) electrons. The fraction of sp³-hybridized carbons (Fsp3) is 0.368. The van der Waals surface area contributed by atoms with E-state index in [1.54, 1.807) is 17.8 Å². The van der Waals surface area contributed by atoms with Gasteiger partial charge in [0.25, 0.3) is 0 Å². The Kier molecular flexibility index (Phi) is 5.07. The number of rotatable bonds is 5. The number of benzene rings is 2. The van der Waals surface area contributed by atoms with Gasteiger partial charge in [-0.25, -0.2) is 0 Å². The molecule has 24 heavy (non-hydrogen) atoms. The van der Waals surface area contributed by atoms with Gasteiger partial charge < -0.3 is 14.5 Å². The summed E-state index contributed by atoms with van der Waals surface area (Å²) in [7, 11) is 1.70. The molecule has 0 bridgehead atoms. The van der Waals surface area contributed by atoms with Crippen LogP contribution in [0.3, 0.4) is 0 Å². The average molecular weight is 368 g/mol. The zero-order valence-electron chi connectivity index (χ0n) is 17.2. The van der Waals surface area contributed by atoms with Crippen LogP contribution in [-0.2, 0) is 0 Å². The minimum atomic E-state index is -2.45. The van der Waals surface area contributed by atoms with E-state index in [4.69, 9.17) is 8.85 Å². The molecule has 0 aliphatic carbocycles. The highest BCUT2D eigenvalue weighted by molar-refractivity contribution is 7.99. The molecule has 5 heteroatoms. The maximum atomic E-state index is 7.35. The highest BCUT2D eigenvalue weighted by atomic mass is 35.5. The van der Waals surface area contributed by atoms with Crippen LogP contribution in [0.4, 0.5) is 11.4 Å². The standard InChI is InChI=1S/C19H24N2OS.ClH/c1-14(12-20(2)3)13-21-16-7-5-6-8-18(16)23-19-10-9-15(22-4)11-17(19)21;/h5-11,14H,12-13H2,1-4H3;1H/i4D3;. The number of nitrogens with zero attached hydrogens (tertiary/aromatic N) is 2. The molecular formula is C19H25ClN2OS. The number of hydrogen-bond donors (Lipinski definition) is 0. The van der Waals surface area contributed by atoms with E-state index >= 15 is 0 Å². The Balaban J connectivity index is 0.00000261. The molecule has 2 aromatic rings. The lowest BCUT2D eigenvalue weighted by Crippen LogP contribution is -2.31. The SMILES string of the molecule is Cl.[2H]C([2H])([2H])Oc1ccc2c(c1)N(CC(C)CN(C)C)c1ccccc1S2. The van der Waals surface area contributed by atoms with E-state index in [2.05, 4.69) is 43.0 Å². The van der Waals surface area contributed by atoms with Crippen molar-refractivity contribution in [1.29, 1.82) is 0 Å². The van der Waals surface area contributed by atoms with E-state index in [1.807, 2.05) is 24.3 Å². The molecule has 0 fully saturated rings. The molecule has 1 aliphatic rings. The Morgan fingerprint density at radius 3 is 2.67 bits per heavy atom.